The van der Waals surface area contributed by atoms with Crippen molar-refractivity contribution in [3.8, 4) is 0 Å². The van der Waals surface area contributed by atoms with Crippen LogP contribution in [0.15, 0.2) is 0 Å². The van der Waals surface area contributed by atoms with E-state index in [9.17, 15) is 14.4 Å². The van der Waals surface area contributed by atoms with E-state index in [1.807, 2.05) is 20.8 Å². The van der Waals surface area contributed by atoms with Crippen LogP contribution < -0.4 is 0 Å². The molecule has 0 atom stereocenters. The van der Waals surface area contributed by atoms with Gasteiger partial charge in [-0.15, -0.1) is 0 Å². The summed E-state index contributed by atoms with van der Waals surface area (Å²) in [4.78, 5) is 28.8. The van der Waals surface area contributed by atoms with Crippen LogP contribution in [0.5, 0.6) is 0 Å². The number of rotatable bonds is 6. The van der Waals surface area contributed by atoms with E-state index in [1.54, 1.807) is 27.8 Å². The Kier molecular flexibility index (Phi) is 22.4. The summed E-state index contributed by atoms with van der Waals surface area (Å²) in [6.45, 7) is 12.4. The van der Waals surface area contributed by atoms with E-state index in [0.717, 1.165) is 19.3 Å². The predicted octanol–water partition coefficient (Wildman–Crippen LogP) is 5.82. The van der Waals surface area contributed by atoms with Crippen LogP contribution in [0, 0.1) is 20.8 Å². The van der Waals surface area contributed by atoms with Gasteiger partial charge in [0, 0.05) is 41.0 Å². The Bertz CT molecular complexity index is 581. The fourth-order valence-electron chi connectivity index (χ4n) is 3.11. The Morgan fingerprint density at radius 1 is 0.774 bits per heavy atom. The number of carbonyl (C=O) groups is 3. The van der Waals surface area contributed by atoms with Crippen molar-refractivity contribution in [2.24, 2.45) is 0 Å². The number of aliphatic carboxylic acids is 3. The normalized spacial score (nSPS) is 11.0. The minimum atomic E-state index is -0.711. The largest absolute Gasteiger partial charge is 0.481 e. The van der Waals surface area contributed by atoms with Gasteiger partial charge in [-0.25, -0.2) is 0 Å². The second kappa shape index (κ2) is 20.4. The summed E-state index contributed by atoms with van der Waals surface area (Å²) < 4.78 is 0. The van der Waals surface area contributed by atoms with E-state index in [-0.39, 0.29) is 21.7 Å². The van der Waals surface area contributed by atoms with Crippen molar-refractivity contribution in [1.29, 1.82) is 0 Å². The van der Waals surface area contributed by atoms with E-state index >= 15 is 0 Å². The van der Waals surface area contributed by atoms with Crippen molar-refractivity contribution in [2.75, 3.05) is 0 Å². The molecule has 1 aromatic rings. The molecule has 0 aromatic heterocycles. The number of hydrogen-bond acceptors (Lipinski definition) is 3. The van der Waals surface area contributed by atoms with Crippen LogP contribution in [0.2, 0.25) is 0 Å². The van der Waals surface area contributed by atoms with E-state index in [2.05, 4.69) is 20.8 Å². The van der Waals surface area contributed by atoms with Gasteiger partial charge in [0.1, 0.15) is 0 Å². The molecule has 6 nitrogen and oxygen atoms in total. The first kappa shape index (κ1) is 34.1. The summed E-state index contributed by atoms with van der Waals surface area (Å²) in [6, 6.07) is 0. The van der Waals surface area contributed by atoms with E-state index < -0.39 is 17.9 Å². The summed E-state index contributed by atoms with van der Waals surface area (Å²) in [5, 5.41) is 23.7. The standard InChI is InChI=1S/C12H17.3C4H8O2.Ti/c1-8-9(2)11-6-4-5-7-12(11)10(8)3;3*1-2-3-4(5)6;/h4-7H2,1-3H3;3*2-3H2,1H3,(H,5,6);/q-1;;;;. The van der Waals surface area contributed by atoms with Crippen molar-refractivity contribution in [2.45, 2.75) is 106 Å². The average molecular weight is 473 g/mol. The van der Waals surface area contributed by atoms with Gasteiger partial charge in [0.25, 0.3) is 0 Å². The van der Waals surface area contributed by atoms with Crippen molar-refractivity contribution < 1.29 is 51.4 Å². The predicted molar refractivity (Wildman–Crippen MR) is 121 cm³/mol. The fraction of sp³-hybridized carbons (Fsp3) is 0.667. The topological polar surface area (TPSA) is 112 Å². The van der Waals surface area contributed by atoms with Gasteiger partial charge in [0.15, 0.2) is 0 Å². The number of carboxylic acid groups (broad SMARTS) is 3. The number of carboxylic acids is 3. The quantitative estimate of drug-likeness (QED) is 0.355. The Labute approximate surface area is 202 Å². The monoisotopic (exact) mass is 473 g/mol. The fourth-order valence-corrected chi connectivity index (χ4v) is 3.11. The molecule has 7 heteroatoms. The third-order valence-electron chi connectivity index (χ3n) is 4.89. The first-order valence-electron chi connectivity index (χ1n) is 10.9. The maximum atomic E-state index is 9.60. The van der Waals surface area contributed by atoms with Gasteiger partial charge in [0.05, 0.1) is 0 Å². The molecular weight excluding hydrogens is 432 g/mol. The molecule has 0 unspecified atom stereocenters. The van der Waals surface area contributed by atoms with Gasteiger partial charge < -0.3 is 15.3 Å². The Morgan fingerprint density at radius 2 is 1.13 bits per heavy atom. The minimum Gasteiger partial charge on any atom is -0.481 e. The van der Waals surface area contributed by atoms with Gasteiger partial charge in [-0.1, -0.05) is 67.2 Å². The number of fused-ring (bicyclic) bond motifs is 1. The summed E-state index contributed by atoms with van der Waals surface area (Å²) >= 11 is 0. The zero-order chi connectivity index (χ0) is 23.7. The molecule has 1 aromatic carbocycles. The van der Waals surface area contributed by atoms with E-state index in [4.69, 9.17) is 15.3 Å². The Hall–Kier alpha value is -1.53. The molecule has 3 N–H and O–H groups in total. The van der Waals surface area contributed by atoms with Crippen LogP contribution in [0.4, 0.5) is 0 Å². The second-order valence-corrected chi connectivity index (χ2v) is 7.47. The molecule has 0 heterocycles. The zero-order valence-electron chi connectivity index (χ0n) is 20.1. The summed E-state index contributed by atoms with van der Waals surface area (Å²) in [7, 11) is 0. The first-order chi connectivity index (χ1) is 14.0. The molecule has 0 spiro atoms. The van der Waals surface area contributed by atoms with Crippen molar-refractivity contribution >= 4 is 17.9 Å². The van der Waals surface area contributed by atoms with Crippen molar-refractivity contribution in [3.63, 3.8) is 0 Å². The van der Waals surface area contributed by atoms with Crippen LogP contribution in [-0.2, 0) is 48.9 Å². The van der Waals surface area contributed by atoms with Gasteiger partial charge in [-0.05, 0) is 19.3 Å². The maximum absolute atomic E-state index is 9.60. The molecule has 1 aliphatic carbocycles. The average Bonchev–Trinajstić information content (AvgIpc) is 2.88. The second-order valence-electron chi connectivity index (χ2n) is 7.47. The van der Waals surface area contributed by atoms with Crippen molar-refractivity contribution in [1.82, 2.24) is 0 Å². The SMILES string of the molecule is CCCC(=O)O.CCCC(=O)O.CCCC(=O)O.Cc1c2c([c-](C)c1C)CCCC2.[Ti]. The third kappa shape index (κ3) is 16.8. The molecule has 0 saturated heterocycles. The summed E-state index contributed by atoms with van der Waals surface area (Å²) in [5.41, 5.74) is 8.04. The summed E-state index contributed by atoms with van der Waals surface area (Å²) in [5.74, 6) is -2.13. The molecule has 1 aliphatic rings. The molecular formula is C24H41O6Ti-. The molecule has 0 fully saturated rings. The molecule has 0 radical (unpaired) electrons. The van der Waals surface area contributed by atoms with Gasteiger partial charge in [-0.2, -0.15) is 27.8 Å². The molecule has 0 aliphatic heterocycles. The van der Waals surface area contributed by atoms with Crippen LogP contribution in [0.3, 0.4) is 0 Å². The van der Waals surface area contributed by atoms with Crippen molar-refractivity contribution in [3.05, 3.63) is 27.8 Å². The molecule has 2 rings (SSSR count). The molecule has 0 amide bonds. The molecule has 0 bridgehead atoms. The van der Waals surface area contributed by atoms with E-state index in [1.165, 1.54) is 25.7 Å². The zero-order valence-corrected chi connectivity index (χ0v) is 21.7. The first-order valence-corrected chi connectivity index (χ1v) is 10.9. The van der Waals surface area contributed by atoms with Crippen LogP contribution in [-0.4, -0.2) is 33.2 Å². The third-order valence-corrected chi connectivity index (χ3v) is 4.89. The number of hydrogen-bond donors (Lipinski definition) is 3. The van der Waals surface area contributed by atoms with Gasteiger partial charge in [-0.3, -0.25) is 14.4 Å². The Morgan fingerprint density at radius 3 is 1.39 bits per heavy atom. The van der Waals surface area contributed by atoms with Crippen LogP contribution in [0.25, 0.3) is 0 Å². The maximum Gasteiger partial charge on any atom is 0.303 e. The van der Waals surface area contributed by atoms with E-state index in [0.29, 0.717) is 19.3 Å². The van der Waals surface area contributed by atoms with Crippen LogP contribution in [0.1, 0.15) is 100.0 Å². The molecule has 178 valence electrons. The minimum absolute atomic E-state index is 0. The molecule has 31 heavy (non-hydrogen) atoms. The van der Waals surface area contributed by atoms with Gasteiger partial charge in [0.2, 0.25) is 0 Å². The van der Waals surface area contributed by atoms with Crippen LogP contribution >= 0.6 is 0 Å². The smallest absolute Gasteiger partial charge is 0.303 e. The molecule has 0 saturated carbocycles. The summed E-state index contributed by atoms with van der Waals surface area (Å²) in [6.07, 6.45) is 8.53. The van der Waals surface area contributed by atoms with Gasteiger partial charge >= 0.3 is 17.9 Å². The Balaban J connectivity index is -0.000000360.